The van der Waals surface area contributed by atoms with Crippen LogP contribution in [0.5, 0.6) is 0 Å². The number of likely N-dealkylation sites (tertiary alicyclic amines) is 1. The van der Waals surface area contributed by atoms with Gasteiger partial charge in [0, 0.05) is 13.1 Å². The smallest absolute Gasteiger partial charge is 0.407 e. The topological polar surface area (TPSA) is 86.8 Å². The van der Waals surface area contributed by atoms with Crippen molar-refractivity contribution in [1.29, 1.82) is 0 Å². The minimum atomic E-state index is -0.977. The molecule has 1 saturated heterocycles. The summed E-state index contributed by atoms with van der Waals surface area (Å²) in [5.74, 6) is 0. The highest BCUT2D eigenvalue weighted by molar-refractivity contribution is 5.66. The molecule has 0 saturated carbocycles. The number of carbonyl (C=O) groups is 1. The maximum atomic E-state index is 10.2. The van der Waals surface area contributed by atoms with Gasteiger partial charge in [0.1, 0.15) is 0 Å². The third-order valence-electron chi connectivity index (χ3n) is 1.60. The van der Waals surface area contributed by atoms with Crippen molar-refractivity contribution < 1.29 is 15.0 Å². The van der Waals surface area contributed by atoms with Crippen molar-refractivity contribution in [2.75, 3.05) is 19.7 Å². The molecule has 58 valence electrons. The van der Waals surface area contributed by atoms with E-state index < -0.39 is 11.6 Å². The van der Waals surface area contributed by atoms with E-state index in [2.05, 4.69) is 0 Å². The van der Waals surface area contributed by atoms with E-state index >= 15 is 0 Å². The van der Waals surface area contributed by atoms with Crippen LogP contribution in [-0.2, 0) is 0 Å². The van der Waals surface area contributed by atoms with Crippen molar-refractivity contribution in [3.8, 4) is 0 Å². The maximum absolute atomic E-state index is 10.2. The Balaban J connectivity index is 2.36. The molecular weight excluding hydrogens is 136 g/mol. The van der Waals surface area contributed by atoms with Crippen LogP contribution in [0.25, 0.3) is 0 Å². The fraction of sp³-hybridized carbons (Fsp3) is 0.800. The lowest BCUT2D eigenvalue weighted by molar-refractivity contribution is 0.0309. The van der Waals surface area contributed by atoms with E-state index in [9.17, 15) is 4.79 Å². The lowest BCUT2D eigenvalue weighted by Crippen LogP contribution is -2.70. The molecule has 1 aliphatic heterocycles. The van der Waals surface area contributed by atoms with Gasteiger partial charge < -0.3 is 20.8 Å². The molecule has 0 aromatic rings. The highest BCUT2D eigenvalue weighted by atomic mass is 16.4. The first kappa shape index (κ1) is 7.30. The third-order valence-corrected chi connectivity index (χ3v) is 1.60. The number of hydrogen-bond acceptors (Lipinski definition) is 3. The highest BCUT2D eigenvalue weighted by Gasteiger charge is 2.41. The normalized spacial score (nSPS) is 22.0. The molecule has 0 aromatic heterocycles. The molecule has 1 aliphatic rings. The van der Waals surface area contributed by atoms with E-state index in [1.807, 2.05) is 0 Å². The molecule has 5 nitrogen and oxygen atoms in total. The summed E-state index contributed by atoms with van der Waals surface area (Å²) < 4.78 is 0. The summed E-state index contributed by atoms with van der Waals surface area (Å²) >= 11 is 0. The Morgan fingerprint density at radius 2 is 2.20 bits per heavy atom. The maximum Gasteiger partial charge on any atom is 0.407 e. The zero-order valence-corrected chi connectivity index (χ0v) is 5.45. The van der Waals surface area contributed by atoms with Gasteiger partial charge in [0.15, 0.2) is 0 Å². The van der Waals surface area contributed by atoms with Crippen LogP contribution in [0.1, 0.15) is 0 Å². The molecule has 10 heavy (non-hydrogen) atoms. The van der Waals surface area contributed by atoms with Crippen LogP contribution in [0.15, 0.2) is 0 Å². The Morgan fingerprint density at radius 3 is 2.50 bits per heavy atom. The molecule has 1 fully saturated rings. The first-order valence-corrected chi connectivity index (χ1v) is 2.95. The number of amides is 1. The zero-order valence-electron chi connectivity index (χ0n) is 5.45. The Labute approximate surface area is 58.0 Å². The lowest BCUT2D eigenvalue weighted by Gasteiger charge is -2.44. The van der Waals surface area contributed by atoms with E-state index in [4.69, 9.17) is 15.9 Å². The lowest BCUT2D eigenvalue weighted by atomic mass is 9.93. The van der Waals surface area contributed by atoms with Gasteiger partial charge >= 0.3 is 6.09 Å². The molecule has 0 aliphatic carbocycles. The number of carboxylic acid groups (broad SMARTS) is 1. The molecule has 1 rings (SSSR count). The van der Waals surface area contributed by atoms with Gasteiger partial charge in [-0.15, -0.1) is 0 Å². The molecule has 0 radical (unpaired) electrons. The standard InChI is InChI=1S/C5H10N2O3/c6-5(3-8)1-7(2-5)4(9)10/h8H,1-3,6H2,(H,9,10). The van der Waals surface area contributed by atoms with Gasteiger partial charge in [-0.25, -0.2) is 4.79 Å². The third kappa shape index (κ3) is 1.05. The number of rotatable bonds is 1. The molecule has 0 unspecified atom stereocenters. The molecule has 4 N–H and O–H groups in total. The van der Waals surface area contributed by atoms with Crippen LogP contribution in [0.4, 0.5) is 4.79 Å². The molecule has 0 spiro atoms. The quantitative estimate of drug-likeness (QED) is 0.427. The van der Waals surface area contributed by atoms with Gasteiger partial charge in [0.25, 0.3) is 0 Å². The zero-order chi connectivity index (χ0) is 7.78. The summed E-state index contributed by atoms with van der Waals surface area (Å²) in [5.41, 5.74) is 4.79. The van der Waals surface area contributed by atoms with Crippen LogP contribution < -0.4 is 5.73 Å². The van der Waals surface area contributed by atoms with E-state index in [1.54, 1.807) is 0 Å². The van der Waals surface area contributed by atoms with E-state index in [0.29, 0.717) is 0 Å². The van der Waals surface area contributed by atoms with E-state index in [-0.39, 0.29) is 19.7 Å². The largest absolute Gasteiger partial charge is 0.465 e. The highest BCUT2D eigenvalue weighted by Crippen LogP contribution is 2.16. The van der Waals surface area contributed by atoms with Gasteiger partial charge in [0.2, 0.25) is 0 Å². The fourth-order valence-electron chi connectivity index (χ4n) is 0.949. The first-order chi connectivity index (χ1) is 4.57. The summed E-state index contributed by atoms with van der Waals surface area (Å²) in [6.07, 6.45) is -0.977. The molecule has 5 heteroatoms. The molecular formula is C5H10N2O3. The fourth-order valence-corrected chi connectivity index (χ4v) is 0.949. The van der Waals surface area contributed by atoms with Gasteiger partial charge in [-0.2, -0.15) is 0 Å². The van der Waals surface area contributed by atoms with Gasteiger partial charge in [-0.1, -0.05) is 0 Å². The molecule has 0 aromatic carbocycles. The van der Waals surface area contributed by atoms with Crippen molar-refractivity contribution in [3.05, 3.63) is 0 Å². The summed E-state index contributed by atoms with van der Waals surface area (Å²) in [5, 5.41) is 16.9. The van der Waals surface area contributed by atoms with Crippen molar-refractivity contribution in [3.63, 3.8) is 0 Å². The molecule has 0 bridgehead atoms. The summed E-state index contributed by atoms with van der Waals surface area (Å²) in [6.45, 7) is 0.314. The Hall–Kier alpha value is -0.810. The summed E-state index contributed by atoms with van der Waals surface area (Å²) in [6, 6.07) is 0. The minimum Gasteiger partial charge on any atom is -0.465 e. The van der Waals surface area contributed by atoms with Gasteiger partial charge in [0.05, 0.1) is 12.1 Å². The second kappa shape index (κ2) is 2.10. The minimum absolute atomic E-state index is 0.156. The summed E-state index contributed by atoms with van der Waals surface area (Å²) in [4.78, 5) is 11.3. The van der Waals surface area contributed by atoms with Crippen LogP contribution in [0, 0.1) is 0 Å². The Morgan fingerprint density at radius 1 is 1.70 bits per heavy atom. The predicted octanol–water partition coefficient (Wildman–Crippen LogP) is -1.33. The molecule has 0 atom stereocenters. The average molecular weight is 146 g/mol. The predicted molar refractivity (Wildman–Crippen MR) is 33.6 cm³/mol. The van der Waals surface area contributed by atoms with Crippen molar-refractivity contribution in [1.82, 2.24) is 4.90 Å². The Bertz CT molecular complexity index is 153. The van der Waals surface area contributed by atoms with Crippen LogP contribution in [-0.4, -0.2) is 46.4 Å². The molecule has 1 heterocycles. The summed E-state index contributed by atoms with van der Waals surface area (Å²) in [7, 11) is 0. The first-order valence-electron chi connectivity index (χ1n) is 2.95. The van der Waals surface area contributed by atoms with Crippen LogP contribution >= 0.6 is 0 Å². The SMILES string of the molecule is NC1(CO)CN(C(=O)O)C1. The van der Waals surface area contributed by atoms with E-state index in [0.717, 1.165) is 4.90 Å². The van der Waals surface area contributed by atoms with Gasteiger partial charge in [-0.3, -0.25) is 0 Å². The average Bonchev–Trinajstić information content (AvgIpc) is 1.80. The number of aliphatic hydroxyl groups is 1. The van der Waals surface area contributed by atoms with Gasteiger partial charge in [-0.05, 0) is 0 Å². The second-order valence-corrected chi connectivity index (χ2v) is 2.66. The van der Waals surface area contributed by atoms with Crippen molar-refractivity contribution in [2.45, 2.75) is 5.54 Å². The van der Waals surface area contributed by atoms with Crippen LogP contribution in [0.2, 0.25) is 0 Å². The molecule has 1 amide bonds. The van der Waals surface area contributed by atoms with Crippen molar-refractivity contribution >= 4 is 6.09 Å². The number of aliphatic hydroxyl groups excluding tert-OH is 1. The van der Waals surface area contributed by atoms with Crippen molar-refractivity contribution in [2.24, 2.45) is 5.73 Å². The Kier molecular flexibility index (Phi) is 1.53. The monoisotopic (exact) mass is 146 g/mol. The number of hydrogen-bond donors (Lipinski definition) is 3. The van der Waals surface area contributed by atoms with Crippen LogP contribution in [0.3, 0.4) is 0 Å². The second-order valence-electron chi connectivity index (χ2n) is 2.66. The van der Waals surface area contributed by atoms with E-state index in [1.165, 1.54) is 0 Å². The number of nitrogens with two attached hydrogens (primary N) is 1. The number of nitrogens with zero attached hydrogens (tertiary/aromatic N) is 1.